The Morgan fingerprint density at radius 3 is 2.30 bits per heavy atom. The summed E-state index contributed by atoms with van der Waals surface area (Å²) in [7, 11) is 0. The van der Waals surface area contributed by atoms with E-state index in [0.29, 0.717) is 0 Å². The van der Waals surface area contributed by atoms with Gasteiger partial charge in [-0.3, -0.25) is 19.7 Å². The van der Waals surface area contributed by atoms with E-state index in [0.717, 1.165) is 12.1 Å². The number of nitrogens with zero attached hydrogens (tertiary/aromatic N) is 1. The van der Waals surface area contributed by atoms with Crippen LogP contribution in [0.3, 0.4) is 0 Å². The lowest BCUT2D eigenvalue weighted by Gasteiger charge is -2.14. The summed E-state index contributed by atoms with van der Waals surface area (Å²) in [6, 6.07) is 2.01. The summed E-state index contributed by atoms with van der Waals surface area (Å²) in [6.07, 6.45) is 1.92. The van der Waals surface area contributed by atoms with Gasteiger partial charge in [-0.1, -0.05) is 11.6 Å². The van der Waals surface area contributed by atoms with Crippen molar-refractivity contribution in [2.24, 2.45) is 0 Å². The fourth-order valence-corrected chi connectivity index (χ4v) is 2.33. The molecule has 1 aliphatic heterocycles. The molecule has 0 radical (unpaired) electrons. The van der Waals surface area contributed by atoms with Gasteiger partial charge in [0.1, 0.15) is 12.5 Å². The summed E-state index contributed by atoms with van der Waals surface area (Å²) in [6.45, 7) is 0. The Kier molecular flexibility index (Phi) is 4.70. The van der Waals surface area contributed by atoms with Crippen LogP contribution in [0.5, 0.6) is 0 Å². The number of halogens is 1. The van der Waals surface area contributed by atoms with E-state index < -0.39 is 40.3 Å². The van der Waals surface area contributed by atoms with Crippen LogP contribution in [0.2, 0.25) is 5.02 Å². The monoisotopic (exact) mass is 343 g/mol. The summed E-state index contributed by atoms with van der Waals surface area (Å²) < 4.78 is 10.1. The third-order valence-electron chi connectivity index (χ3n) is 3.10. The molecular formula is C13H10ClNO8. The predicted octanol–water partition coefficient (Wildman–Crippen LogP) is 1.89. The number of carbonyl (C=O) groups is 2. The van der Waals surface area contributed by atoms with Crippen molar-refractivity contribution < 1.29 is 34.2 Å². The van der Waals surface area contributed by atoms with Crippen LogP contribution in [0.4, 0.5) is 5.69 Å². The summed E-state index contributed by atoms with van der Waals surface area (Å²) in [5.74, 6) is -5.53. The van der Waals surface area contributed by atoms with Gasteiger partial charge in [-0.25, -0.2) is 0 Å². The molecule has 1 aliphatic rings. The molecule has 0 aliphatic carbocycles. The van der Waals surface area contributed by atoms with Gasteiger partial charge in [-0.05, 0) is 11.6 Å². The van der Waals surface area contributed by atoms with E-state index in [1.807, 2.05) is 0 Å². The highest BCUT2D eigenvalue weighted by atomic mass is 35.5. The standard InChI is InChI=1S/C13H10ClNO8/c14-8-5-9(15(20)21)7(11(12(16)17)13(18)19)3-6(8)4-10-22-1-2-23-10/h1-3,5,10-11H,4H2,(H,16,17)(H,18,19). The van der Waals surface area contributed by atoms with E-state index in [2.05, 4.69) is 0 Å². The number of rotatable bonds is 6. The van der Waals surface area contributed by atoms with Crippen LogP contribution in [0.1, 0.15) is 17.0 Å². The highest BCUT2D eigenvalue weighted by Gasteiger charge is 2.35. The Morgan fingerprint density at radius 2 is 1.83 bits per heavy atom. The number of nitro benzene ring substituents is 1. The molecule has 0 saturated carbocycles. The fourth-order valence-electron chi connectivity index (χ4n) is 2.09. The normalized spacial score (nSPS) is 13.7. The van der Waals surface area contributed by atoms with Crippen molar-refractivity contribution in [3.05, 3.63) is 50.9 Å². The first kappa shape index (κ1) is 16.6. The van der Waals surface area contributed by atoms with Crippen LogP contribution >= 0.6 is 11.6 Å². The van der Waals surface area contributed by atoms with Crippen molar-refractivity contribution in [1.29, 1.82) is 0 Å². The Hall–Kier alpha value is -2.81. The van der Waals surface area contributed by atoms with E-state index >= 15 is 0 Å². The van der Waals surface area contributed by atoms with Gasteiger partial charge >= 0.3 is 11.9 Å². The first-order valence-electron chi connectivity index (χ1n) is 6.19. The number of aliphatic carboxylic acids is 2. The lowest BCUT2D eigenvalue weighted by molar-refractivity contribution is -0.385. The maximum Gasteiger partial charge on any atom is 0.322 e. The minimum absolute atomic E-state index is 0.0194. The maximum atomic E-state index is 11.2. The predicted molar refractivity (Wildman–Crippen MR) is 74.9 cm³/mol. The minimum Gasteiger partial charge on any atom is -0.480 e. The molecule has 0 spiro atoms. The van der Waals surface area contributed by atoms with Crippen molar-refractivity contribution in [3.63, 3.8) is 0 Å². The number of carboxylic acids is 2. The molecule has 0 saturated heterocycles. The van der Waals surface area contributed by atoms with Crippen LogP contribution in [-0.4, -0.2) is 33.4 Å². The molecule has 1 aromatic carbocycles. The van der Waals surface area contributed by atoms with Gasteiger partial charge in [0, 0.05) is 12.5 Å². The number of benzene rings is 1. The number of hydrogen-bond acceptors (Lipinski definition) is 6. The van der Waals surface area contributed by atoms with Gasteiger partial charge in [0.25, 0.3) is 5.69 Å². The van der Waals surface area contributed by atoms with Gasteiger partial charge in [-0.15, -0.1) is 0 Å². The first-order valence-corrected chi connectivity index (χ1v) is 6.57. The number of ether oxygens (including phenoxy) is 2. The van der Waals surface area contributed by atoms with Crippen molar-refractivity contribution in [2.45, 2.75) is 18.6 Å². The molecule has 122 valence electrons. The second-order valence-electron chi connectivity index (χ2n) is 4.55. The lowest BCUT2D eigenvalue weighted by Crippen LogP contribution is -2.22. The Balaban J connectivity index is 2.50. The smallest absolute Gasteiger partial charge is 0.322 e. The van der Waals surface area contributed by atoms with Crippen molar-refractivity contribution in [3.8, 4) is 0 Å². The zero-order valence-corrected chi connectivity index (χ0v) is 12.1. The molecule has 0 bridgehead atoms. The van der Waals surface area contributed by atoms with E-state index in [1.165, 1.54) is 12.5 Å². The van der Waals surface area contributed by atoms with E-state index in [9.17, 15) is 19.7 Å². The summed E-state index contributed by atoms with van der Waals surface area (Å²) in [5.41, 5.74) is -0.881. The van der Waals surface area contributed by atoms with Crippen LogP contribution in [0, 0.1) is 10.1 Å². The van der Waals surface area contributed by atoms with Crippen molar-refractivity contribution in [1.82, 2.24) is 0 Å². The average molecular weight is 344 g/mol. The molecule has 10 heteroatoms. The average Bonchev–Trinajstić information content (AvgIpc) is 2.93. The molecule has 0 amide bonds. The summed E-state index contributed by atoms with van der Waals surface area (Å²) >= 11 is 5.96. The van der Waals surface area contributed by atoms with Gasteiger partial charge < -0.3 is 19.7 Å². The first-order chi connectivity index (χ1) is 10.8. The molecule has 0 aromatic heterocycles. The molecule has 2 N–H and O–H groups in total. The summed E-state index contributed by atoms with van der Waals surface area (Å²) in [4.78, 5) is 32.5. The Bertz CT molecular complexity index is 679. The topological polar surface area (TPSA) is 136 Å². The van der Waals surface area contributed by atoms with Crippen LogP contribution < -0.4 is 0 Å². The van der Waals surface area contributed by atoms with Crippen molar-refractivity contribution >= 4 is 29.2 Å². The van der Waals surface area contributed by atoms with Crippen LogP contribution in [0.15, 0.2) is 24.7 Å². The van der Waals surface area contributed by atoms with Gasteiger partial charge in [0.05, 0.1) is 15.5 Å². The maximum absolute atomic E-state index is 11.2. The lowest BCUT2D eigenvalue weighted by atomic mass is 9.94. The van der Waals surface area contributed by atoms with E-state index in [1.54, 1.807) is 0 Å². The number of nitro groups is 1. The third kappa shape index (κ3) is 3.51. The van der Waals surface area contributed by atoms with Crippen LogP contribution in [-0.2, 0) is 25.5 Å². The zero-order valence-electron chi connectivity index (χ0n) is 11.3. The van der Waals surface area contributed by atoms with E-state index in [-0.39, 0.29) is 17.0 Å². The zero-order chi connectivity index (χ0) is 17.1. The van der Waals surface area contributed by atoms with E-state index in [4.69, 9.17) is 31.3 Å². The molecule has 0 atom stereocenters. The fraction of sp³-hybridized carbons (Fsp3) is 0.231. The summed E-state index contributed by atoms with van der Waals surface area (Å²) in [5, 5.41) is 29.2. The molecule has 2 rings (SSSR count). The Labute approximate surface area is 133 Å². The van der Waals surface area contributed by atoms with Gasteiger partial charge in [-0.2, -0.15) is 0 Å². The molecule has 9 nitrogen and oxygen atoms in total. The Morgan fingerprint density at radius 1 is 1.26 bits per heavy atom. The molecule has 0 unspecified atom stereocenters. The largest absolute Gasteiger partial charge is 0.480 e. The SMILES string of the molecule is O=C(O)C(C(=O)O)c1cc(CC2OC=CO2)c(Cl)cc1[N+](=O)[O-]. The molecule has 1 heterocycles. The number of carboxylic acid groups (broad SMARTS) is 2. The van der Waals surface area contributed by atoms with Gasteiger partial charge in [0.15, 0.2) is 5.92 Å². The molecule has 23 heavy (non-hydrogen) atoms. The second-order valence-corrected chi connectivity index (χ2v) is 4.95. The van der Waals surface area contributed by atoms with Crippen LogP contribution in [0.25, 0.3) is 0 Å². The molecule has 0 fully saturated rings. The number of hydrogen-bond donors (Lipinski definition) is 2. The second kappa shape index (κ2) is 6.53. The minimum atomic E-state index is -2.09. The highest BCUT2D eigenvalue weighted by molar-refractivity contribution is 6.31. The molecule has 1 aromatic rings. The third-order valence-corrected chi connectivity index (χ3v) is 3.45. The molecular weight excluding hydrogens is 334 g/mol. The quantitative estimate of drug-likeness (QED) is 0.454. The van der Waals surface area contributed by atoms with Gasteiger partial charge in [0.2, 0.25) is 6.29 Å². The van der Waals surface area contributed by atoms with Crippen molar-refractivity contribution in [2.75, 3.05) is 0 Å². The highest BCUT2D eigenvalue weighted by Crippen LogP contribution is 2.34.